The molecule has 2 rings (SSSR count). The molecule has 0 radical (unpaired) electrons. The first kappa shape index (κ1) is 23.5. The Balaban J connectivity index is 0.00000190. The number of esters is 1. The average molecular weight is 389 g/mol. The maximum absolute atomic E-state index is 12.0. The van der Waals surface area contributed by atoms with E-state index in [1.807, 2.05) is 45.1 Å². The molecule has 0 amide bonds. The molecule has 0 aliphatic heterocycles. The topological polar surface area (TPSA) is 54.0 Å². The second-order valence-corrected chi connectivity index (χ2v) is 5.92. The zero-order valence-corrected chi connectivity index (χ0v) is 17.5. The fraction of sp³-hybridized carbons (Fsp3) is 0.435. The van der Waals surface area contributed by atoms with Gasteiger partial charge in [0.25, 0.3) is 0 Å². The molecule has 1 aliphatic carbocycles. The molecule has 1 atom stereocenters. The van der Waals surface area contributed by atoms with E-state index in [0.29, 0.717) is 30.3 Å². The van der Waals surface area contributed by atoms with Crippen molar-refractivity contribution in [2.24, 2.45) is 5.92 Å². The van der Waals surface area contributed by atoms with Crippen molar-refractivity contribution in [1.29, 1.82) is 0 Å². The fourth-order valence-electron chi connectivity index (χ4n) is 2.48. The van der Waals surface area contributed by atoms with Gasteiger partial charge < -0.3 is 18.9 Å². The van der Waals surface area contributed by atoms with Gasteiger partial charge in [-0.15, -0.1) is 0 Å². The largest absolute Gasteiger partial charge is 0.492 e. The van der Waals surface area contributed by atoms with Crippen molar-refractivity contribution in [1.82, 2.24) is 0 Å². The summed E-state index contributed by atoms with van der Waals surface area (Å²) in [5, 5.41) is 0. The van der Waals surface area contributed by atoms with Crippen molar-refractivity contribution < 1.29 is 23.7 Å². The predicted octanol–water partition coefficient (Wildman–Crippen LogP) is 4.98. The second kappa shape index (κ2) is 13.6. The van der Waals surface area contributed by atoms with Gasteiger partial charge in [-0.1, -0.05) is 57.2 Å². The highest BCUT2D eigenvalue weighted by molar-refractivity contribution is 5.90. The highest BCUT2D eigenvalue weighted by Crippen LogP contribution is 2.26. The van der Waals surface area contributed by atoms with E-state index < -0.39 is 5.97 Å². The molecule has 1 aromatic carbocycles. The van der Waals surface area contributed by atoms with Crippen LogP contribution in [-0.4, -0.2) is 39.5 Å². The van der Waals surface area contributed by atoms with E-state index in [0.717, 1.165) is 6.42 Å². The van der Waals surface area contributed by atoms with Crippen LogP contribution in [0, 0.1) is 5.92 Å². The lowest BCUT2D eigenvalue weighted by Gasteiger charge is -2.18. The summed E-state index contributed by atoms with van der Waals surface area (Å²) in [7, 11) is 2.98. The number of rotatable bonds is 9. The monoisotopic (exact) mass is 388 g/mol. The summed E-state index contributed by atoms with van der Waals surface area (Å²) in [5.41, 5.74) is 0.390. The van der Waals surface area contributed by atoms with Crippen molar-refractivity contribution in [2.75, 3.05) is 27.4 Å². The van der Waals surface area contributed by atoms with Crippen LogP contribution in [0.3, 0.4) is 0 Å². The highest BCUT2D eigenvalue weighted by atomic mass is 16.5. The SMILES string of the molecule is CC.CCC(COC)Oc1cc(OCC2C=CC=CC=C2)cc(C(=O)OC)c1. The van der Waals surface area contributed by atoms with Gasteiger partial charge in [-0.2, -0.15) is 0 Å². The highest BCUT2D eigenvalue weighted by Gasteiger charge is 2.14. The third-order valence-corrected chi connectivity index (χ3v) is 3.90. The van der Waals surface area contributed by atoms with Gasteiger partial charge in [-0.3, -0.25) is 0 Å². The maximum atomic E-state index is 12.0. The number of hydrogen-bond donors (Lipinski definition) is 0. The minimum absolute atomic E-state index is 0.0976. The Morgan fingerprint density at radius 1 is 1.00 bits per heavy atom. The third-order valence-electron chi connectivity index (χ3n) is 3.90. The Morgan fingerprint density at radius 3 is 2.21 bits per heavy atom. The van der Waals surface area contributed by atoms with Crippen molar-refractivity contribution >= 4 is 5.97 Å². The molecule has 5 heteroatoms. The zero-order chi connectivity index (χ0) is 20.8. The molecule has 0 bridgehead atoms. The molecule has 0 saturated carbocycles. The van der Waals surface area contributed by atoms with Crippen LogP contribution in [0.2, 0.25) is 0 Å². The minimum Gasteiger partial charge on any atom is -0.492 e. The Bertz CT molecular complexity index is 660. The molecule has 0 fully saturated rings. The van der Waals surface area contributed by atoms with Crippen LogP contribution in [0.15, 0.2) is 54.7 Å². The molecular weight excluding hydrogens is 356 g/mol. The summed E-state index contributed by atoms with van der Waals surface area (Å²) >= 11 is 0. The van der Waals surface area contributed by atoms with Crippen LogP contribution in [-0.2, 0) is 9.47 Å². The van der Waals surface area contributed by atoms with Gasteiger partial charge in [0, 0.05) is 19.1 Å². The van der Waals surface area contributed by atoms with E-state index in [9.17, 15) is 4.79 Å². The number of methoxy groups -OCH3 is 2. The van der Waals surface area contributed by atoms with Crippen molar-refractivity contribution in [3.63, 3.8) is 0 Å². The summed E-state index contributed by atoms with van der Waals surface area (Å²) in [6.07, 6.45) is 12.7. The van der Waals surface area contributed by atoms with Gasteiger partial charge in [-0.05, 0) is 18.6 Å². The van der Waals surface area contributed by atoms with Gasteiger partial charge >= 0.3 is 5.97 Å². The number of benzene rings is 1. The fourth-order valence-corrected chi connectivity index (χ4v) is 2.48. The number of ether oxygens (including phenoxy) is 4. The summed E-state index contributed by atoms with van der Waals surface area (Å²) in [4.78, 5) is 12.0. The average Bonchev–Trinajstić information content (AvgIpc) is 3.01. The van der Waals surface area contributed by atoms with E-state index in [2.05, 4.69) is 12.2 Å². The molecule has 0 saturated heterocycles. The van der Waals surface area contributed by atoms with E-state index >= 15 is 0 Å². The van der Waals surface area contributed by atoms with Crippen LogP contribution in [0.4, 0.5) is 0 Å². The lowest BCUT2D eigenvalue weighted by Crippen LogP contribution is -2.21. The molecule has 0 spiro atoms. The van der Waals surface area contributed by atoms with Gasteiger partial charge in [0.05, 0.1) is 25.9 Å². The maximum Gasteiger partial charge on any atom is 0.338 e. The number of hydrogen-bond acceptors (Lipinski definition) is 5. The lowest BCUT2D eigenvalue weighted by molar-refractivity contribution is 0.0597. The molecule has 1 aromatic rings. The van der Waals surface area contributed by atoms with Crippen LogP contribution < -0.4 is 9.47 Å². The Morgan fingerprint density at radius 2 is 1.64 bits per heavy atom. The molecular formula is C23H32O5. The molecule has 1 aliphatic rings. The first-order valence-electron chi connectivity index (χ1n) is 9.69. The minimum atomic E-state index is -0.432. The lowest BCUT2D eigenvalue weighted by atomic mass is 10.1. The Kier molecular flexibility index (Phi) is 11.4. The van der Waals surface area contributed by atoms with Gasteiger partial charge in [0.2, 0.25) is 0 Å². The van der Waals surface area contributed by atoms with Crippen LogP contribution in [0.25, 0.3) is 0 Å². The molecule has 28 heavy (non-hydrogen) atoms. The third kappa shape index (κ3) is 8.01. The van der Waals surface area contributed by atoms with E-state index in [1.165, 1.54) is 7.11 Å². The van der Waals surface area contributed by atoms with E-state index in [1.54, 1.807) is 25.3 Å². The normalized spacial score (nSPS) is 13.9. The summed E-state index contributed by atoms with van der Waals surface area (Å²) in [6, 6.07) is 5.11. The number of carbonyl (C=O) groups excluding carboxylic acids is 1. The summed E-state index contributed by atoms with van der Waals surface area (Å²) in [5.74, 6) is 0.848. The van der Waals surface area contributed by atoms with Gasteiger partial charge in [0.15, 0.2) is 0 Å². The molecule has 0 N–H and O–H groups in total. The first-order valence-corrected chi connectivity index (χ1v) is 9.69. The number of carbonyl (C=O) groups is 1. The van der Waals surface area contributed by atoms with Crippen LogP contribution in [0.5, 0.6) is 11.5 Å². The molecule has 1 unspecified atom stereocenters. The summed E-state index contributed by atoms with van der Waals surface area (Å²) < 4.78 is 21.8. The van der Waals surface area contributed by atoms with Crippen molar-refractivity contribution in [3.8, 4) is 11.5 Å². The summed E-state index contributed by atoms with van der Waals surface area (Å²) in [6.45, 7) is 6.96. The molecule has 154 valence electrons. The van der Waals surface area contributed by atoms with E-state index in [-0.39, 0.29) is 12.0 Å². The number of allylic oxidation sites excluding steroid dienone is 4. The Labute approximate surface area is 168 Å². The van der Waals surface area contributed by atoms with Crippen molar-refractivity contribution in [2.45, 2.75) is 33.3 Å². The second-order valence-electron chi connectivity index (χ2n) is 5.92. The molecule has 0 aromatic heterocycles. The van der Waals surface area contributed by atoms with Crippen LogP contribution >= 0.6 is 0 Å². The first-order chi connectivity index (χ1) is 13.7. The standard InChI is InChI=1S/C21H26O5.C2H6/c1-4-18(15-23-2)26-20-12-17(21(22)24-3)11-19(13-20)25-14-16-9-7-5-6-8-10-16;1-2/h5-13,16,18H,4,14-15H2,1-3H3;1-2H3. The quantitative estimate of drug-likeness (QED) is 0.559. The Hall–Kier alpha value is -2.53. The molecule has 0 heterocycles. The zero-order valence-electron chi connectivity index (χ0n) is 17.5. The van der Waals surface area contributed by atoms with Crippen molar-refractivity contribution in [3.05, 3.63) is 60.2 Å². The van der Waals surface area contributed by atoms with E-state index in [4.69, 9.17) is 18.9 Å². The van der Waals surface area contributed by atoms with Crippen LogP contribution in [0.1, 0.15) is 37.6 Å². The van der Waals surface area contributed by atoms with Gasteiger partial charge in [0.1, 0.15) is 17.6 Å². The molecule has 5 nitrogen and oxygen atoms in total. The predicted molar refractivity (Wildman–Crippen MR) is 112 cm³/mol. The smallest absolute Gasteiger partial charge is 0.338 e. The van der Waals surface area contributed by atoms with Gasteiger partial charge in [-0.25, -0.2) is 4.79 Å².